The molecule has 0 aliphatic heterocycles. The number of nitrogens with zero attached hydrogens (tertiary/aromatic N) is 3. The van der Waals surface area contributed by atoms with Gasteiger partial charge in [-0.3, -0.25) is 9.10 Å². The molecule has 1 aromatic heterocycles. The molecule has 0 saturated heterocycles. The van der Waals surface area contributed by atoms with Gasteiger partial charge in [0, 0.05) is 18.5 Å². The molecule has 0 aliphatic rings. The van der Waals surface area contributed by atoms with E-state index < -0.39 is 10.0 Å². The highest BCUT2D eigenvalue weighted by atomic mass is 32.2. The van der Waals surface area contributed by atoms with Gasteiger partial charge in [0.25, 0.3) is 0 Å². The molecule has 31 heavy (non-hydrogen) atoms. The Hall–Kier alpha value is -2.98. The van der Waals surface area contributed by atoms with Gasteiger partial charge < -0.3 is 10.1 Å². The fourth-order valence-electron chi connectivity index (χ4n) is 2.89. The van der Waals surface area contributed by atoms with Crippen LogP contribution in [0.4, 0.5) is 10.8 Å². The van der Waals surface area contributed by atoms with E-state index in [1.165, 1.54) is 15.6 Å². The van der Waals surface area contributed by atoms with Gasteiger partial charge in [0.15, 0.2) is 0 Å². The molecule has 0 saturated carbocycles. The predicted molar refractivity (Wildman–Crippen MR) is 123 cm³/mol. The molecule has 0 radical (unpaired) electrons. The van der Waals surface area contributed by atoms with Crippen molar-refractivity contribution >= 4 is 38.1 Å². The summed E-state index contributed by atoms with van der Waals surface area (Å²) in [6.07, 6.45) is 1.70. The minimum Gasteiger partial charge on any atom is -0.497 e. The third-order valence-electron chi connectivity index (χ3n) is 4.50. The summed E-state index contributed by atoms with van der Waals surface area (Å²) in [5.74, 6) is 0.505. The Bertz CT molecular complexity index is 1130. The van der Waals surface area contributed by atoms with Crippen molar-refractivity contribution in [3.8, 4) is 16.3 Å². The van der Waals surface area contributed by atoms with Crippen molar-refractivity contribution in [2.24, 2.45) is 0 Å². The van der Waals surface area contributed by atoms with Gasteiger partial charge in [-0.25, -0.2) is 8.42 Å². The Morgan fingerprint density at radius 1 is 1.10 bits per heavy atom. The van der Waals surface area contributed by atoms with Crippen LogP contribution in [0.25, 0.3) is 10.6 Å². The maximum atomic E-state index is 12.3. The smallest absolute Gasteiger partial charge is 0.232 e. The molecule has 2 aromatic carbocycles. The van der Waals surface area contributed by atoms with E-state index in [9.17, 15) is 13.2 Å². The van der Waals surface area contributed by atoms with E-state index in [1.54, 1.807) is 19.2 Å². The second kappa shape index (κ2) is 9.88. The fraction of sp³-hybridized carbons (Fsp3) is 0.286. The lowest BCUT2D eigenvalue weighted by Gasteiger charge is -2.22. The number of aromatic nitrogens is 2. The number of methoxy groups -OCH3 is 1. The van der Waals surface area contributed by atoms with Gasteiger partial charge in [-0.05, 0) is 49.7 Å². The van der Waals surface area contributed by atoms with E-state index in [0.717, 1.165) is 23.1 Å². The quantitative estimate of drug-likeness (QED) is 0.522. The zero-order chi connectivity index (χ0) is 22.4. The Kier molecular flexibility index (Phi) is 7.24. The number of carbonyl (C=O) groups excluding carboxylic acids is 1. The second-order valence-corrected chi connectivity index (χ2v) is 9.85. The number of rotatable bonds is 9. The zero-order valence-corrected chi connectivity index (χ0v) is 19.2. The van der Waals surface area contributed by atoms with Crippen LogP contribution < -0.4 is 14.4 Å². The topological polar surface area (TPSA) is 101 Å². The van der Waals surface area contributed by atoms with Crippen molar-refractivity contribution in [3.05, 3.63) is 54.1 Å². The zero-order valence-electron chi connectivity index (χ0n) is 17.5. The van der Waals surface area contributed by atoms with Crippen molar-refractivity contribution in [2.75, 3.05) is 29.5 Å². The molecule has 0 fully saturated rings. The van der Waals surface area contributed by atoms with Crippen LogP contribution in [0, 0.1) is 6.92 Å². The molecule has 10 heteroatoms. The normalized spacial score (nSPS) is 11.2. The maximum Gasteiger partial charge on any atom is 0.232 e. The van der Waals surface area contributed by atoms with Crippen molar-refractivity contribution in [2.45, 2.75) is 19.8 Å². The summed E-state index contributed by atoms with van der Waals surface area (Å²) in [6, 6.07) is 14.6. The van der Waals surface area contributed by atoms with Crippen molar-refractivity contribution in [1.29, 1.82) is 0 Å². The van der Waals surface area contributed by atoms with E-state index in [1.807, 2.05) is 43.3 Å². The molecule has 3 aromatic rings. The Morgan fingerprint density at radius 2 is 1.77 bits per heavy atom. The highest BCUT2D eigenvalue weighted by Crippen LogP contribution is 2.28. The Balaban J connectivity index is 1.56. The van der Waals surface area contributed by atoms with Gasteiger partial charge in [-0.1, -0.05) is 29.0 Å². The molecular formula is C21H24N4O4S2. The number of sulfonamides is 1. The molecular weight excluding hydrogens is 436 g/mol. The molecule has 0 unspecified atom stereocenters. The summed E-state index contributed by atoms with van der Waals surface area (Å²) in [4.78, 5) is 12.3. The SMILES string of the molecule is COc1ccc(-c2nnc(NC(=O)CCCN(c3ccc(C)cc3)S(C)(=O)=O)s2)cc1. The number of aryl methyl sites for hydroxylation is 1. The van der Waals surface area contributed by atoms with Crippen LogP contribution >= 0.6 is 11.3 Å². The van der Waals surface area contributed by atoms with Gasteiger partial charge in [-0.15, -0.1) is 10.2 Å². The Morgan fingerprint density at radius 3 is 2.39 bits per heavy atom. The second-order valence-electron chi connectivity index (χ2n) is 6.96. The molecule has 1 N–H and O–H groups in total. The van der Waals surface area contributed by atoms with E-state index in [2.05, 4.69) is 15.5 Å². The minimum atomic E-state index is -3.45. The summed E-state index contributed by atoms with van der Waals surface area (Å²) < 4.78 is 30.8. The number of benzene rings is 2. The van der Waals surface area contributed by atoms with Crippen LogP contribution in [0.5, 0.6) is 5.75 Å². The molecule has 0 aliphatic carbocycles. The average molecular weight is 461 g/mol. The van der Waals surface area contributed by atoms with Crippen LogP contribution in [0.3, 0.4) is 0 Å². The van der Waals surface area contributed by atoms with E-state index in [4.69, 9.17) is 4.74 Å². The summed E-state index contributed by atoms with van der Waals surface area (Å²) >= 11 is 1.27. The van der Waals surface area contributed by atoms with Crippen molar-refractivity contribution in [1.82, 2.24) is 10.2 Å². The number of nitrogens with one attached hydrogen (secondary N) is 1. The summed E-state index contributed by atoms with van der Waals surface area (Å²) in [5.41, 5.74) is 2.50. The van der Waals surface area contributed by atoms with Crippen LogP contribution in [0.15, 0.2) is 48.5 Å². The first-order valence-electron chi connectivity index (χ1n) is 9.58. The van der Waals surface area contributed by atoms with Gasteiger partial charge >= 0.3 is 0 Å². The van der Waals surface area contributed by atoms with E-state index in [-0.39, 0.29) is 18.9 Å². The molecule has 164 valence electrons. The first kappa shape index (κ1) is 22.7. The lowest BCUT2D eigenvalue weighted by Crippen LogP contribution is -2.31. The number of hydrogen-bond donors (Lipinski definition) is 1. The van der Waals surface area contributed by atoms with E-state index >= 15 is 0 Å². The van der Waals surface area contributed by atoms with Crippen LogP contribution in [-0.2, 0) is 14.8 Å². The standard InChI is InChI=1S/C21H24N4O4S2/c1-15-6-10-17(11-7-15)25(31(3,27)28)14-4-5-19(26)22-21-24-23-20(30-21)16-8-12-18(29-2)13-9-16/h6-13H,4-5,14H2,1-3H3,(H,22,24,26). The monoisotopic (exact) mass is 460 g/mol. The first-order valence-corrected chi connectivity index (χ1v) is 12.2. The molecule has 1 heterocycles. The van der Waals surface area contributed by atoms with Crippen LogP contribution in [0.2, 0.25) is 0 Å². The van der Waals surface area contributed by atoms with Gasteiger partial charge in [0.1, 0.15) is 10.8 Å². The summed E-state index contributed by atoms with van der Waals surface area (Å²) in [7, 11) is -1.85. The highest BCUT2D eigenvalue weighted by Gasteiger charge is 2.18. The van der Waals surface area contributed by atoms with Gasteiger partial charge in [0.2, 0.25) is 21.1 Å². The Labute approximate surface area is 185 Å². The molecule has 1 amide bonds. The fourth-order valence-corrected chi connectivity index (χ4v) is 4.62. The summed E-state index contributed by atoms with van der Waals surface area (Å²) in [5, 5.41) is 11.9. The number of ether oxygens (including phenoxy) is 1. The third-order valence-corrected chi connectivity index (χ3v) is 6.58. The summed E-state index contributed by atoms with van der Waals surface area (Å²) in [6.45, 7) is 2.15. The lowest BCUT2D eigenvalue weighted by atomic mass is 10.2. The van der Waals surface area contributed by atoms with Crippen LogP contribution in [0.1, 0.15) is 18.4 Å². The first-order chi connectivity index (χ1) is 14.8. The third kappa shape index (κ3) is 6.25. The lowest BCUT2D eigenvalue weighted by molar-refractivity contribution is -0.116. The molecule has 0 spiro atoms. The predicted octanol–water partition coefficient (Wildman–Crippen LogP) is 3.71. The maximum absolute atomic E-state index is 12.3. The molecule has 8 nitrogen and oxygen atoms in total. The van der Waals surface area contributed by atoms with Gasteiger partial charge in [0.05, 0.1) is 19.1 Å². The van der Waals surface area contributed by atoms with Crippen molar-refractivity contribution in [3.63, 3.8) is 0 Å². The number of anilines is 2. The largest absolute Gasteiger partial charge is 0.497 e. The van der Waals surface area contributed by atoms with Gasteiger partial charge in [-0.2, -0.15) is 0 Å². The number of carbonyl (C=O) groups is 1. The average Bonchev–Trinajstić information content (AvgIpc) is 3.19. The molecule has 0 bridgehead atoms. The van der Waals surface area contributed by atoms with Crippen molar-refractivity contribution < 1.29 is 17.9 Å². The molecule has 0 atom stereocenters. The molecule has 3 rings (SSSR count). The van der Waals surface area contributed by atoms with E-state index in [0.29, 0.717) is 22.2 Å². The number of amides is 1. The van der Waals surface area contributed by atoms with Crippen LogP contribution in [-0.4, -0.2) is 44.4 Å². The minimum absolute atomic E-state index is 0.162. The number of hydrogen-bond acceptors (Lipinski definition) is 7. The highest BCUT2D eigenvalue weighted by molar-refractivity contribution is 7.92.